The maximum absolute atomic E-state index is 12.5. The summed E-state index contributed by atoms with van der Waals surface area (Å²) in [4.78, 5) is 12.5. The standard InChI is InChI=1S/C21H16BrIN2O2/c22-17-5-3-4-16(12-17)14-27-20-7-2-1-6-19(20)21(26)25-24-13-15-8-10-18(23)11-9-15/h1-13H,14H2,(H,25,26)/b24-13+. The molecule has 0 spiro atoms. The van der Waals surface area contributed by atoms with Crippen molar-refractivity contribution < 1.29 is 9.53 Å². The molecule has 0 aliphatic carbocycles. The third-order valence-corrected chi connectivity index (χ3v) is 4.88. The highest BCUT2D eigenvalue weighted by Crippen LogP contribution is 2.20. The van der Waals surface area contributed by atoms with E-state index in [0.29, 0.717) is 17.9 Å². The van der Waals surface area contributed by atoms with Gasteiger partial charge in [0, 0.05) is 8.04 Å². The Morgan fingerprint density at radius 1 is 1.07 bits per heavy atom. The van der Waals surface area contributed by atoms with Crippen LogP contribution in [0.1, 0.15) is 21.5 Å². The molecular weight excluding hydrogens is 519 g/mol. The number of benzene rings is 3. The van der Waals surface area contributed by atoms with Gasteiger partial charge in [0.1, 0.15) is 12.4 Å². The van der Waals surface area contributed by atoms with Gasteiger partial charge in [0.05, 0.1) is 11.8 Å². The fourth-order valence-electron chi connectivity index (χ4n) is 2.34. The molecule has 6 heteroatoms. The van der Waals surface area contributed by atoms with Crippen LogP contribution in [-0.4, -0.2) is 12.1 Å². The summed E-state index contributed by atoms with van der Waals surface area (Å²) in [5.41, 5.74) is 4.91. The summed E-state index contributed by atoms with van der Waals surface area (Å²) in [5, 5.41) is 4.03. The van der Waals surface area contributed by atoms with Crippen molar-refractivity contribution in [3.05, 3.63) is 97.5 Å². The maximum Gasteiger partial charge on any atom is 0.275 e. The van der Waals surface area contributed by atoms with Crippen LogP contribution < -0.4 is 10.2 Å². The topological polar surface area (TPSA) is 50.7 Å². The van der Waals surface area contributed by atoms with E-state index in [0.717, 1.165) is 19.2 Å². The summed E-state index contributed by atoms with van der Waals surface area (Å²) in [7, 11) is 0. The van der Waals surface area contributed by atoms with Crippen molar-refractivity contribution >= 4 is 50.6 Å². The average Bonchev–Trinajstić information content (AvgIpc) is 2.68. The van der Waals surface area contributed by atoms with Gasteiger partial charge < -0.3 is 4.74 Å². The van der Waals surface area contributed by atoms with Gasteiger partial charge >= 0.3 is 0 Å². The number of halogens is 2. The number of amides is 1. The van der Waals surface area contributed by atoms with E-state index in [1.807, 2.05) is 54.6 Å². The Kier molecular flexibility index (Phi) is 7.00. The van der Waals surface area contributed by atoms with E-state index in [1.165, 1.54) is 0 Å². The number of hydrogen-bond donors (Lipinski definition) is 1. The van der Waals surface area contributed by atoms with Gasteiger partial charge in [-0.1, -0.05) is 52.3 Å². The van der Waals surface area contributed by atoms with Crippen LogP contribution in [0.4, 0.5) is 0 Å². The predicted octanol–water partition coefficient (Wildman–Crippen LogP) is 5.40. The van der Waals surface area contributed by atoms with Gasteiger partial charge in [-0.3, -0.25) is 4.79 Å². The van der Waals surface area contributed by atoms with Gasteiger partial charge in [-0.25, -0.2) is 5.43 Å². The summed E-state index contributed by atoms with van der Waals surface area (Å²) < 4.78 is 7.97. The first kappa shape index (κ1) is 19.6. The van der Waals surface area contributed by atoms with Crippen molar-refractivity contribution in [2.75, 3.05) is 0 Å². The lowest BCUT2D eigenvalue weighted by atomic mass is 10.2. The summed E-state index contributed by atoms with van der Waals surface area (Å²) in [5.74, 6) is 0.195. The van der Waals surface area contributed by atoms with E-state index in [2.05, 4.69) is 49.0 Å². The summed E-state index contributed by atoms with van der Waals surface area (Å²) in [6, 6.07) is 22.8. The Morgan fingerprint density at radius 3 is 2.63 bits per heavy atom. The van der Waals surface area contributed by atoms with Crippen molar-refractivity contribution in [1.82, 2.24) is 5.43 Å². The van der Waals surface area contributed by atoms with Gasteiger partial charge in [0.15, 0.2) is 0 Å². The summed E-state index contributed by atoms with van der Waals surface area (Å²) in [6.07, 6.45) is 1.61. The van der Waals surface area contributed by atoms with Crippen LogP contribution in [0.15, 0.2) is 82.4 Å². The zero-order valence-corrected chi connectivity index (χ0v) is 18.0. The molecule has 0 aliphatic rings. The molecule has 4 nitrogen and oxygen atoms in total. The van der Waals surface area contributed by atoms with Crippen molar-refractivity contribution in [1.29, 1.82) is 0 Å². The van der Waals surface area contributed by atoms with Crippen LogP contribution in [-0.2, 0) is 6.61 Å². The zero-order valence-electron chi connectivity index (χ0n) is 14.2. The highest BCUT2D eigenvalue weighted by molar-refractivity contribution is 14.1. The van der Waals surface area contributed by atoms with E-state index < -0.39 is 0 Å². The van der Waals surface area contributed by atoms with Gasteiger partial charge in [0.2, 0.25) is 0 Å². The second-order valence-electron chi connectivity index (χ2n) is 5.67. The number of rotatable bonds is 6. The van der Waals surface area contributed by atoms with Crippen molar-refractivity contribution in [3.8, 4) is 5.75 Å². The molecule has 0 atom stereocenters. The quantitative estimate of drug-likeness (QED) is 0.261. The molecule has 3 aromatic rings. The van der Waals surface area contributed by atoms with E-state index in [4.69, 9.17) is 4.74 Å². The fourth-order valence-corrected chi connectivity index (χ4v) is 3.15. The first-order valence-electron chi connectivity index (χ1n) is 8.17. The Balaban J connectivity index is 1.65. The summed E-state index contributed by atoms with van der Waals surface area (Å²) in [6.45, 7) is 0.371. The molecule has 0 unspecified atom stereocenters. The monoisotopic (exact) mass is 534 g/mol. The third kappa shape index (κ3) is 5.90. The number of hydrogen-bond acceptors (Lipinski definition) is 3. The SMILES string of the molecule is O=C(N/N=C/c1ccc(I)cc1)c1ccccc1OCc1cccc(Br)c1. The number of carbonyl (C=O) groups is 1. The number of para-hydroxylation sites is 1. The lowest BCUT2D eigenvalue weighted by molar-refractivity contribution is 0.0950. The molecule has 0 saturated heterocycles. The van der Waals surface area contributed by atoms with Gasteiger partial charge in [-0.15, -0.1) is 0 Å². The van der Waals surface area contributed by atoms with Crippen molar-refractivity contribution in [3.63, 3.8) is 0 Å². The van der Waals surface area contributed by atoms with Crippen LogP contribution in [0.5, 0.6) is 5.75 Å². The molecule has 0 heterocycles. The smallest absolute Gasteiger partial charge is 0.275 e. The molecule has 136 valence electrons. The Hall–Kier alpha value is -2.19. The first-order valence-corrected chi connectivity index (χ1v) is 10.0. The lowest BCUT2D eigenvalue weighted by Crippen LogP contribution is -2.18. The largest absolute Gasteiger partial charge is 0.488 e. The number of nitrogens with zero attached hydrogens (tertiary/aromatic N) is 1. The van der Waals surface area contributed by atoms with Crippen LogP contribution in [0.25, 0.3) is 0 Å². The Labute approximate surface area is 179 Å². The predicted molar refractivity (Wildman–Crippen MR) is 119 cm³/mol. The van der Waals surface area contributed by atoms with Crippen LogP contribution >= 0.6 is 38.5 Å². The average molecular weight is 535 g/mol. The minimum atomic E-state index is -0.318. The van der Waals surface area contributed by atoms with Crippen molar-refractivity contribution in [2.45, 2.75) is 6.61 Å². The molecule has 0 fully saturated rings. The van der Waals surface area contributed by atoms with Crippen LogP contribution in [0, 0.1) is 3.57 Å². The molecule has 1 amide bonds. The minimum Gasteiger partial charge on any atom is -0.488 e. The highest BCUT2D eigenvalue weighted by atomic mass is 127. The van der Waals surface area contributed by atoms with E-state index in [9.17, 15) is 4.79 Å². The van der Waals surface area contributed by atoms with E-state index >= 15 is 0 Å². The number of nitrogens with one attached hydrogen (secondary N) is 1. The summed E-state index contributed by atoms with van der Waals surface area (Å²) >= 11 is 5.68. The number of hydrazone groups is 1. The molecule has 0 radical (unpaired) electrons. The molecule has 0 aliphatic heterocycles. The minimum absolute atomic E-state index is 0.318. The van der Waals surface area contributed by atoms with Gasteiger partial charge in [-0.05, 0) is 70.1 Å². The van der Waals surface area contributed by atoms with Crippen LogP contribution in [0.3, 0.4) is 0 Å². The molecular formula is C21H16BrIN2O2. The number of carbonyl (C=O) groups excluding carboxylic acids is 1. The van der Waals surface area contributed by atoms with Crippen molar-refractivity contribution in [2.24, 2.45) is 5.10 Å². The van der Waals surface area contributed by atoms with Gasteiger partial charge in [-0.2, -0.15) is 5.10 Å². The third-order valence-electron chi connectivity index (χ3n) is 3.66. The van der Waals surface area contributed by atoms with E-state index in [-0.39, 0.29) is 5.91 Å². The van der Waals surface area contributed by atoms with Gasteiger partial charge in [0.25, 0.3) is 5.91 Å². The van der Waals surface area contributed by atoms with E-state index in [1.54, 1.807) is 24.4 Å². The fraction of sp³-hybridized carbons (Fsp3) is 0.0476. The second kappa shape index (κ2) is 9.66. The normalized spacial score (nSPS) is 10.7. The maximum atomic E-state index is 12.5. The molecule has 3 rings (SSSR count). The Bertz CT molecular complexity index is 958. The molecule has 0 saturated carbocycles. The zero-order chi connectivity index (χ0) is 19.1. The second-order valence-corrected chi connectivity index (χ2v) is 7.83. The molecule has 3 aromatic carbocycles. The molecule has 27 heavy (non-hydrogen) atoms. The molecule has 1 N–H and O–H groups in total. The van der Waals surface area contributed by atoms with Crippen LogP contribution in [0.2, 0.25) is 0 Å². The highest BCUT2D eigenvalue weighted by Gasteiger charge is 2.11. The molecule has 0 bridgehead atoms. The Morgan fingerprint density at radius 2 is 1.85 bits per heavy atom. The first-order chi connectivity index (χ1) is 13.1. The number of ether oxygens (including phenoxy) is 1. The molecule has 0 aromatic heterocycles. The lowest BCUT2D eigenvalue weighted by Gasteiger charge is -2.10.